The van der Waals surface area contributed by atoms with Gasteiger partial charge in [-0.15, -0.1) is 5.10 Å². The van der Waals surface area contributed by atoms with Crippen molar-refractivity contribution in [2.75, 3.05) is 5.43 Å². The summed E-state index contributed by atoms with van der Waals surface area (Å²) < 4.78 is 31.6. The Hall–Kier alpha value is -2.21. The van der Waals surface area contributed by atoms with Gasteiger partial charge in [-0.3, -0.25) is 14.5 Å². The molecule has 0 saturated heterocycles. The van der Waals surface area contributed by atoms with E-state index in [9.17, 15) is 0 Å². The number of halogens is 1. The molecule has 0 spiro atoms. The van der Waals surface area contributed by atoms with Crippen LogP contribution in [-0.2, 0) is 10.4 Å². The number of anilines is 1. The Kier molecular flexibility index (Phi) is 8.80. The lowest BCUT2D eigenvalue weighted by Gasteiger charge is -2.02. The highest BCUT2D eigenvalue weighted by molar-refractivity contribution is 7.79. The summed E-state index contributed by atoms with van der Waals surface area (Å²) in [6.07, 6.45) is 0. The number of hydrogen-bond donors (Lipinski definition) is 5. The van der Waals surface area contributed by atoms with Crippen molar-refractivity contribution in [2.45, 2.75) is 13.8 Å². The van der Waals surface area contributed by atoms with Crippen molar-refractivity contribution in [1.82, 2.24) is 0 Å². The summed E-state index contributed by atoms with van der Waals surface area (Å²) in [4.78, 5) is 0. The molecule has 1 aromatic carbocycles. The minimum Gasteiger partial charge on any atom is -0.369 e. The topological polar surface area (TPSA) is 176 Å². The molecule has 12 heteroatoms. The van der Waals surface area contributed by atoms with Gasteiger partial charge in [0.25, 0.3) is 0 Å². The van der Waals surface area contributed by atoms with Gasteiger partial charge in [-0.2, -0.15) is 18.6 Å². The van der Waals surface area contributed by atoms with Crippen LogP contribution in [0.5, 0.6) is 0 Å². The van der Waals surface area contributed by atoms with Gasteiger partial charge in [-0.05, 0) is 38.1 Å². The molecule has 0 unspecified atom stereocenters. The highest BCUT2D eigenvalue weighted by atomic mass is 35.5. The number of nitrogens with two attached hydrogens (primary N) is 2. The van der Waals surface area contributed by atoms with Crippen LogP contribution in [0.4, 0.5) is 5.69 Å². The molecule has 7 N–H and O–H groups in total. The summed E-state index contributed by atoms with van der Waals surface area (Å²) >= 11 is 5.77. The fraction of sp³-hybridized carbons (Fsp3) is 0.182. The Morgan fingerprint density at radius 3 is 2.00 bits per heavy atom. The van der Waals surface area contributed by atoms with Crippen LogP contribution in [0.15, 0.2) is 39.6 Å². The largest absolute Gasteiger partial charge is 0.394 e. The van der Waals surface area contributed by atoms with E-state index in [1.54, 1.807) is 26.0 Å². The van der Waals surface area contributed by atoms with E-state index in [0.717, 1.165) is 5.69 Å². The zero-order valence-electron chi connectivity index (χ0n) is 12.3. The first-order valence-corrected chi connectivity index (χ1v) is 7.66. The SMILES string of the molecule is CC(=N/N=C(N)N)/C(C)=N\Nc1ccc(Cl)cc1.O=S(=O)(O)O. The summed E-state index contributed by atoms with van der Waals surface area (Å²) in [7, 11) is -4.67. The lowest BCUT2D eigenvalue weighted by molar-refractivity contribution is 0.381. The van der Waals surface area contributed by atoms with E-state index in [0.29, 0.717) is 16.4 Å². The van der Waals surface area contributed by atoms with Crippen molar-refractivity contribution in [2.24, 2.45) is 26.8 Å². The molecule has 1 aromatic rings. The third kappa shape index (κ3) is 13.2. The fourth-order valence-corrected chi connectivity index (χ4v) is 1.08. The van der Waals surface area contributed by atoms with Crippen LogP contribution in [0, 0.1) is 0 Å². The van der Waals surface area contributed by atoms with E-state index in [1.807, 2.05) is 12.1 Å². The first-order chi connectivity index (χ1) is 10.5. The van der Waals surface area contributed by atoms with Gasteiger partial charge in [0.1, 0.15) is 0 Å². The summed E-state index contributed by atoms with van der Waals surface area (Å²) in [6.45, 7) is 3.55. The second-order valence-corrected chi connectivity index (χ2v) is 5.31. The average Bonchev–Trinajstić information content (AvgIpc) is 2.42. The highest BCUT2D eigenvalue weighted by Gasteiger charge is 1.97. The van der Waals surface area contributed by atoms with E-state index in [2.05, 4.69) is 20.7 Å². The smallest absolute Gasteiger partial charge is 0.369 e. The zero-order valence-corrected chi connectivity index (χ0v) is 13.9. The number of hydrogen-bond acceptors (Lipinski definition) is 6. The number of rotatable bonds is 4. The molecule has 0 heterocycles. The molecule has 10 nitrogen and oxygen atoms in total. The maximum atomic E-state index is 8.74. The number of hydrazone groups is 1. The molecule has 128 valence electrons. The maximum Gasteiger partial charge on any atom is 0.394 e. The number of nitrogens with one attached hydrogen (secondary N) is 1. The van der Waals surface area contributed by atoms with Crippen molar-refractivity contribution in [3.05, 3.63) is 29.3 Å². The Morgan fingerprint density at radius 2 is 1.57 bits per heavy atom. The van der Waals surface area contributed by atoms with Crippen LogP contribution in [-0.4, -0.2) is 34.9 Å². The fourth-order valence-electron chi connectivity index (χ4n) is 0.959. The van der Waals surface area contributed by atoms with Crippen LogP contribution < -0.4 is 16.9 Å². The molecule has 23 heavy (non-hydrogen) atoms. The van der Waals surface area contributed by atoms with E-state index in [-0.39, 0.29) is 5.96 Å². The summed E-state index contributed by atoms with van der Waals surface area (Å²) in [5.41, 5.74) is 15.3. The van der Waals surface area contributed by atoms with Gasteiger partial charge in [-0.25, -0.2) is 0 Å². The third-order valence-electron chi connectivity index (χ3n) is 2.04. The van der Waals surface area contributed by atoms with Gasteiger partial charge in [0.2, 0.25) is 5.96 Å². The molecular formula is C11H17ClN6O4S. The summed E-state index contributed by atoms with van der Waals surface area (Å²) in [5, 5.41) is 12.2. The monoisotopic (exact) mass is 364 g/mol. The van der Waals surface area contributed by atoms with Gasteiger partial charge in [0.05, 0.1) is 17.1 Å². The van der Waals surface area contributed by atoms with Gasteiger partial charge in [0.15, 0.2) is 0 Å². The third-order valence-corrected chi connectivity index (χ3v) is 2.29. The second-order valence-electron chi connectivity index (χ2n) is 3.97. The van der Waals surface area contributed by atoms with Crippen LogP contribution in [0.3, 0.4) is 0 Å². The van der Waals surface area contributed by atoms with Crippen LogP contribution in [0.2, 0.25) is 5.02 Å². The maximum absolute atomic E-state index is 8.74. The molecule has 0 fully saturated rings. The molecule has 0 aromatic heterocycles. The predicted molar refractivity (Wildman–Crippen MR) is 91.3 cm³/mol. The van der Waals surface area contributed by atoms with Gasteiger partial charge >= 0.3 is 10.4 Å². The van der Waals surface area contributed by atoms with Crippen molar-refractivity contribution in [3.63, 3.8) is 0 Å². The van der Waals surface area contributed by atoms with E-state index >= 15 is 0 Å². The molecule has 0 saturated carbocycles. The number of guanidine groups is 1. The van der Waals surface area contributed by atoms with E-state index in [1.165, 1.54) is 0 Å². The lowest BCUT2D eigenvalue weighted by atomic mass is 10.3. The molecule has 1 rings (SSSR count). The van der Waals surface area contributed by atoms with Crippen LogP contribution >= 0.6 is 11.6 Å². The average molecular weight is 365 g/mol. The van der Waals surface area contributed by atoms with Crippen LogP contribution in [0.25, 0.3) is 0 Å². The van der Waals surface area contributed by atoms with Crippen molar-refractivity contribution in [3.8, 4) is 0 Å². The minimum absolute atomic E-state index is 0.0900. The Balaban J connectivity index is 0.000000841. The highest BCUT2D eigenvalue weighted by Crippen LogP contribution is 2.13. The minimum atomic E-state index is -4.67. The second kappa shape index (κ2) is 9.74. The number of benzene rings is 1. The van der Waals surface area contributed by atoms with Gasteiger partial charge in [-0.1, -0.05) is 11.6 Å². The van der Waals surface area contributed by atoms with Crippen molar-refractivity contribution < 1.29 is 17.5 Å². The molecule has 0 amide bonds. The Morgan fingerprint density at radius 1 is 1.09 bits per heavy atom. The first kappa shape index (κ1) is 20.8. The first-order valence-electron chi connectivity index (χ1n) is 5.88. The van der Waals surface area contributed by atoms with Crippen LogP contribution in [0.1, 0.15) is 13.8 Å². The predicted octanol–water partition coefficient (Wildman–Crippen LogP) is 1.12. The molecule has 0 aliphatic carbocycles. The standard InChI is InChI=1S/C11H15ClN6.H2O4S/c1-7(8(2)16-18-11(13)14)15-17-10-5-3-9(12)4-6-10;1-5(2,3)4/h3-6,17H,1-2H3,(H4,13,14,18);(H2,1,2,3,4)/b15-7-,16-8-;. The van der Waals surface area contributed by atoms with Crippen molar-refractivity contribution in [1.29, 1.82) is 0 Å². The molecule has 0 radical (unpaired) electrons. The summed E-state index contributed by atoms with van der Waals surface area (Å²) in [6, 6.07) is 7.19. The van der Waals surface area contributed by atoms with E-state index < -0.39 is 10.4 Å². The quantitative estimate of drug-likeness (QED) is 0.230. The molecule has 0 bridgehead atoms. The summed E-state index contributed by atoms with van der Waals surface area (Å²) in [5.74, 6) is -0.0900. The van der Waals surface area contributed by atoms with Gasteiger partial charge < -0.3 is 11.5 Å². The molecular weight excluding hydrogens is 348 g/mol. The molecule has 0 aliphatic heterocycles. The van der Waals surface area contributed by atoms with E-state index in [4.69, 9.17) is 40.6 Å². The molecule has 0 aliphatic rings. The zero-order chi connectivity index (χ0) is 18.0. The Bertz CT molecular complexity index is 688. The van der Waals surface area contributed by atoms with Crippen molar-refractivity contribution >= 4 is 45.1 Å². The number of nitrogens with zero attached hydrogens (tertiary/aromatic N) is 3. The van der Waals surface area contributed by atoms with Gasteiger partial charge in [0, 0.05) is 5.02 Å². The molecule has 0 atom stereocenters. The normalized spacial score (nSPS) is 12.0. The lowest BCUT2D eigenvalue weighted by Crippen LogP contribution is -2.22. The Labute approximate surface area is 138 Å².